The van der Waals surface area contributed by atoms with E-state index in [0.717, 1.165) is 16.8 Å². The molecule has 0 saturated carbocycles. The third-order valence-electron chi connectivity index (χ3n) is 1.89. The van der Waals surface area contributed by atoms with Crippen molar-refractivity contribution < 1.29 is 4.74 Å². The zero-order chi connectivity index (χ0) is 11.5. The molecule has 0 aliphatic rings. The van der Waals surface area contributed by atoms with Crippen molar-refractivity contribution in [2.45, 2.75) is 34.1 Å². The van der Waals surface area contributed by atoms with Crippen LogP contribution in [0.25, 0.3) is 0 Å². The molecule has 1 aromatic rings. The summed E-state index contributed by atoms with van der Waals surface area (Å²) in [5.41, 5.74) is 0.291. The molecule has 0 amide bonds. The van der Waals surface area contributed by atoms with Crippen molar-refractivity contribution >= 4 is 15.9 Å². The highest BCUT2D eigenvalue weighted by molar-refractivity contribution is 9.10. The van der Waals surface area contributed by atoms with Crippen LogP contribution in [0.5, 0.6) is 5.88 Å². The van der Waals surface area contributed by atoms with Crippen LogP contribution in [0.2, 0.25) is 0 Å². The first-order valence-corrected chi connectivity index (χ1v) is 5.80. The lowest BCUT2D eigenvalue weighted by molar-refractivity contribution is 0.235. The maximum absolute atomic E-state index is 5.56. The molecule has 0 spiro atoms. The molecule has 0 aliphatic heterocycles. The van der Waals surface area contributed by atoms with Gasteiger partial charge in [0.15, 0.2) is 0 Å². The van der Waals surface area contributed by atoms with Crippen molar-refractivity contribution in [3.8, 4) is 5.88 Å². The molecular formula is C11H17BrN2O. The Morgan fingerprint density at radius 1 is 1.33 bits per heavy atom. The van der Waals surface area contributed by atoms with Gasteiger partial charge < -0.3 is 4.74 Å². The fourth-order valence-electron chi connectivity index (χ4n) is 1.04. The minimum absolute atomic E-state index is 0.291. The first-order valence-electron chi connectivity index (χ1n) is 5.01. The van der Waals surface area contributed by atoms with E-state index in [1.165, 1.54) is 0 Å². The third-order valence-corrected chi connectivity index (χ3v) is 2.29. The number of rotatable bonds is 3. The summed E-state index contributed by atoms with van der Waals surface area (Å²) in [5, 5.41) is 0. The van der Waals surface area contributed by atoms with Gasteiger partial charge in [-0.05, 0) is 34.7 Å². The van der Waals surface area contributed by atoms with Gasteiger partial charge in [0.2, 0.25) is 5.88 Å². The normalized spacial score (nSPS) is 11.5. The van der Waals surface area contributed by atoms with E-state index in [0.29, 0.717) is 17.9 Å². The highest BCUT2D eigenvalue weighted by atomic mass is 79.9. The number of nitrogens with zero attached hydrogens (tertiary/aromatic N) is 2. The molecule has 0 aliphatic carbocycles. The van der Waals surface area contributed by atoms with Crippen LogP contribution in [0, 0.1) is 12.3 Å². The Hall–Kier alpha value is -0.640. The summed E-state index contributed by atoms with van der Waals surface area (Å²) in [6.45, 7) is 9.11. The predicted octanol–water partition coefficient (Wildman–Crippen LogP) is 3.36. The molecule has 1 rings (SSSR count). The monoisotopic (exact) mass is 272 g/mol. The molecular weight excluding hydrogens is 256 g/mol. The second-order valence-corrected chi connectivity index (χ2v) is 5.55. The van der Waals surface area contributed by atoms with Gasteiger partial charge in [-0.1, -0.05) is 20.8 Å². The van der Waals surface area contributed by atoms with Gasteiger partial charge >= 0.3 is 0 Å². The molecule has 0 bridgehead atoms. The Morgan fingerprint density at radius 3 is 2.53 bits per heavy atom. The van der Waals surface area contributed by atoms with Crippen LogP contribution in [-0.4, -0.2) is 16.6 Å². The minimum atomic E-state index is 0.291. The van der Waals surface area contributed by atoms with Crippen LogP contribution >= 0.6 is 15.9 Å². The van der Waals surface area contributed by atoms with Crippen LogP contribution in [0.15, 0.2) is 10.7 Å². The summed E-state index contributed by atoms with van der Waals surface area (Å²) in [6, 6.07) is 1.79. The van der Waals surface area contributed by atoms with Gasteiger partial charge in [0.1, 0.15) is 10.4 Å². The molecule has 84 valence electrons. The smallest absolute Gasteiger partial charge is 0.217 e. The van der Waals surface area contributed by atoms with E-state index < -0.39 is 0 Å². The molecule has 0 fully saturated rings. The quantitative estimate of drug-likeness (QED) is 0.792. The lowest BCUT2D eigenvalue weighted by atomic mass is 9.93. The molecule has 1 heterocycles. The van der Waals surface area contributed by atoms with E-state index >= 15 is 0 Å². The minimum Gasteiger partial charge on any atom is -0.478 e. The Morgan fingerprint density at radius 2 is 2.00 bits per heavy atom. The maximum atomic E-state index is 5.56. The zero-order valence-corrected chi connectivity index (χ0v) is 11.3. The molecule has 15 heavy (non-hydrogen) atoms. The predicted molar refractivity (Wildman–Crippen MR) is 64.0 cm³/mol. The van der Waals surface area contributed by atoms with Gasteiger partial charge in [0.25, 0.3) is 0 Å². The van der Waals surface area contributed by atoms with E-state index in [-0.39, 0.29) is 0 Å². The molecule has 0 unspecified atom stereocenters. The Bertz CT molecular complexity index is 314. The van der Waals surface area contributed by atoms with Gasteiger partial charge in [-0.2, -0.15) is 4.98 Å². The van der Waals surface area contributed by atoms with E-state index in [9.17, 15) is 0 Å². The zero-order valence-electron chi connectivity index (χ0n) is 9.67. The average Bonchev–Trinajstić information content (AvgIpc) is 1.99. The summed E-state index contributed by atoms with van der Waals surface area (Å²) in [4.78, 5) is 8.31. The maximum Gasteiger partial charge on any atom is 0.217 e. The van der Waals surface area contributed by atoms with Gasteiger partial charge in [-0.3, -0.25) is 0 Å². The SMILES string of the molecule is Cc1nc(Br)cc(OCCC(C)(C)C)n1. The van der Waals surface area contributed by atoms with Gasteiger partial charge in [0, 0.05) is 6.07 Å². The van der Waals surface area contributed by atoms with Crippen molar-refractivity contribution in [1.29, 1.82) is 0 Å². The Balaban J connectivity index is 2.51. The third kappa shape index (κ3) is 5.11. The molecule has 0 radical (unpaired) electrons. The highest BCUT2D eigenvalue weighted by Crippen LogP contribution is 2.19. The molecule has 0 atom stereocenters. The van der Waals surface area contributed by atoms with Crippen LogP contribution < -0.4 is 4.74 Å². The van der Waals surface area contributed by atoms with Gasteiger partial charge in [-0.15, -0.1) is 0 Å². The summed E-state index contributed by atoms with van der Waals surface area (Å²) >= 11 is 3.31. The van der Waals surface area contributed by atoms with Crippen molar-refractivity contribution in [1.82, 2.24) is 9.97 Å². The molecule has 0 saturated heterocycles. The number of aromatic nitrogens is 2. The number of ether oxygens (including phenoxy) is 1. The van der Waals surface area contributed by atoms with Gasteiger partial charge in [0.05, 0.1) is 6.61 Å². The van der Waals surface area contributed by atoms with Gasteiger partial charge in [-0.25, -0.2) is 4.98 Å². The number of halogens is 1. The van der Waals surface area contributed by atoms with E-state index in [1.54, 1.807) is 6.07 Å². The Kier molecular flexibility index (Phi) is 4.08. The van der Waals surface area contributed by atoms with Crippen LogP contribution in [0.4, 0.5) is 0 Å². The molecule has 1 aromatic heterocycles. The second kappa shape index (κ2) is 4.92. The highest BCUT2D eigenvalue weighted by Gasteiger charge is 2.10. The van der Waals surface area contributed by atoms with Crippen molar-refractivity contribution in [3.63, 3.8) is 0 Å². The lowest BCUT2D eigenvalue weighted by Crippen LogP contribution is -2.11. The molecule has 0 N–H and O–H groups in total. The molecule has 4 heteroatoms. The standard InChI is InChI=1S/C11H17BrN2O/c1-8-13-9(12)7-10(14-8)15-6-5-11(2,3)4/h7H,5-6H2,1-4H3. The summed E-state index contributed by atoms with van der Waals surface area (Å²) < 4.78 is 6.33. The van der Waals surface area contributed by atoms with Crippen LogP contribution in [-0.2, 0) is 0 Å². The average molecular weight is 273 g/mol. The Labute approximate surface area is 99.4 Å². The van der Waals surface area contributed by atoms with E-state index in [4.69, 9.17) is 4.74 Å². The van der Waals surface area contributed by atoms with Crippen molar-refractivity contribution in [3.05, 3.63) is 16.5 Å². The first kappa shape index (κ1) is 12.4. The van der Waals surface area contributed by atoms with Crippen molar-refractivity contribution in [2.24, 2.45) is 5.41 Å². The lowest BCUT2D eigenvalue weighted by Gasteiger charge is -2.17. The number of hydrogen-bond acceptors (Lipinski definition) is 3. The first-order chi connectivity index (χ1) is 6.87. The largest absolute Gasteiger partial charge is 0.478 e. The van der Waals surface area contributed by atoms with E-state index in [1.807, 2.05) is 6.92 Å². The van der Waals surface area contributed by atoms with Crippen LogP contribution in [0.1, 0.15) is 33.0 Å². The summed E-state index contributed by atoms with van der Waals surface area (Å²) in [7, 11) is 0. The molecule has 0 aromatic carbocycles. The number of aryl methyl sites for hydroxylation is 1. The fraction of sp³-hybridized carbons (Fsp3) is 0.636. The second-order valence-electron chi connectivity index (χ2n) is 4.74. The van der Waals surface area contributed by atoms with E-state index in [2.05, 4.69) is 46.7 Å². The summed E-state index contributed by atoms with van der Waals surface area (Å²) in [5.74, 6) is 1.36. The fourth-order valence-corrected chi connectivity index (χ4v) is 1.49. The number of hydrogen-bond donors (Lipinski definition) is 0. The summed E-state index contributed by atoms with van der Waals surface area (Å²) in [6.07, 6.45) is 1.01. The van der Waals surface area contributed by atoms with Crippen LogP contribution in [0.3, 0.4) is 0 Å². The van der Waals surface area contributed by atoms with Crippen molar-refractivity contribution in [2.75, 3.05) is 6.61 Å². The molecule has 3 nitrogen and oxygen atoms in total. The topological polar surface area (TPSA) is 35.0 Å².